The summed E-state index contributed by atoms with van der Waals surface area (Å²) in [5.41, 5.74) is 0.396. The number of halogens is 2. The van der Waals surface area contributed by atoms with Crippen LogP contribution in [0.1, 0.15) is 5.56 Å². The van der Waals surface area contributed by atoms with E-state index < -0.39 is 11.6 Å². The van der Waals surface area contributed by atoms with Gasteiger partial charge >= 0.3 is 0 Å². The first-order chi connectivity index (χ1) is 11.1. The maximum absolute atomic E-state index is 13.8. The van der Waals surface area contributed by atoms with Gasteiger partial charge in [-0.3, -0.25) is 9.36 Å². The average Bonchev–Trinajstić information content (AvgIpc) is 2.93. The van der Waals surface area contributed by atoms with E-state index in [2.05, 4.69) is 9.97 Å². The van der Waals surface area contributed by atoms with Crippen molar-refractivity contribution in [3.05, 3.63) is 70.4 Å². The average molecular weight is 329 g/mol. The molecule has 0 aliphatic rings. The second kappa shape index (κ2) is 5.20. The molecule has 0 amide bonds. The number of fused-ring (bicyclic) bond motifs is 3. The molecule has 4 nitrogen and oxygen atoms in total. The lowest BCUT2D eigenvalue weighted by Gasteiger charge is -2.06. The molecule has 0 spiro atoms. The van der Waals surface area contributed by atoms with Crippen LogP contribution in [0.25, 0.3) is 20.4 Å². The van der Waals surface area contributed by atoms with Crippen molar-refractivity contribution in [2.75, 3.05) is 0 Å². The number of nitrogens with zero attached hydrogens (tertiary/aromatic N) is 3. The highest BCUT2D eigenvalue weighted by atomic mass is 32.1. The van der Waals surface area contributed by atoms with Crippen LogP contribution in [0.2, 0.25) is 0 Å². The van der Waals surface area contributed by atoms with E-state index in [1.165, 1.54) is 22.2 Å². The topological polar surface area (TPSA) is 47.8 Å². The molecule has 0 unspecified atom stereocenters. The Balaban J connectivity index is 1.88. The molecule has 0 aliphatic heterocycles. The lowest BCUT2D eigenvalue weighted by atomic mass is 10.2. The number of benzene rings is 1. The molecule has 4 aromatic rings. The summed E-state index contributed by atoms with van der Waals surface area (Å²) in [6.07, 6.45) is 3.01. The fourth-order valence-corrected chi connectivity index (χ4v) is 3.51. The Hall–Kier alpha value is -2.67. The van der Waals surface area contributed by atoms with Crippen molar-refractivity contribution in [1.29, 1.82) is 0 Å². The number of pyridine rings is 1. The summed E-state index contributed by atoms with van der Waals surface area (Å²) in [6.45, 7) is -0.0763. The Bertz CT molecular complexity index is 1100. The van der Waals surface area contributed by atoms with Crippen LogP contribution in [0.3, 0.4) is 0 Å². The smallest absolute Gasteiger partial charge is 0.271 e. The predicted molar refractivity (Wildman–Crippen MR) is 84.6 cm³/mol. The van der Waals surface area contributed by atoms with Crippen molar-refractivity contribution in [3.63, 3.8) is 0 Å². The van der Waals surface area contributed by atoms with E-state index in [1.54, 1.807) is 12.3 Å². The van der Waals surface area contributed by atoms with E-state index in [9.17, 15) is 13.6 Å². The molecule has 0 N–H and O–H groups in total. The molecule has 1 aromatic carbocycles. The van der Waals surface area contributed by atoms with Crippen LogP contribution in [0, 0.1) is 11.6 Å². The zero-order valence-corrected chi connectivity index (χ0v) is 12.5. The van der Waals surface area contributed by atoms with Gasteiger partial charge in [-0.25, -0.2) is 18.7 Å². The van der Waals surface area contributed by atoms with Crippen molar-refractivity contribution in [2.45, 2.75) is 6.54 Å². The molecule has 23 heavy (non-hydrogen) atoms. The van der Waals surface area contributed by atoms with Crippen molar-refractivity contribution >= 4 is 31.8 Å². The molecule has 0 radical (unpaired) electrons. The first-order valence-electron chi connectivity index (χ1n) is 6.80. The Morgan fingerprint density at radius 2 is 2.04 bits per heavy atom. The van der Waals surface area contributed by atoms with E-state index >= 15 is 0 Å². The van der Waals surface area contributed by atoms with Crippen molar-refractivity contribution < 1.29 is 8.78 Å². The van der Waals surface area contributed by atoms with Gasteiger partial charge in [0, 0.05) is 17.1 Å². The molecule has 0 saturated carbocycles. The summed E-state index contributed by atoms with van der Waals surface area (Å²) in [7, 11) is 0. The Labute approximate surface area is 132 Å². The van der Waals surface area contributed by atoms with Crippen LogP contribution in [-0.2, 0) is 6.54 Å². The second-order valence-corrected chi connectivity index (χ2v) is 6.05. The van der Waals surface area contributed by atoms with Crippen molar-refractivity contribution in [1.82, 2.24) is 14.5 Å². The van der Waals surface area contributed by atoms with E-state index in [4.69, 9.17) is 0 Å². The van der Waals surface area contributed by atoms with Crippen LogP contribution < -0.4 is 5.56 Å². The van der Waals surface area contributed by atoms with Gasteiger partial charge in [-0.05, 0) is 30.3 Å². The zero-order chi connectivity index (χ0) is 16.0. The summed E-state index contributed by atoms with van der Waals surface area (Å²) in [5.74, 6) is -1.11. The maximum atomic E-state index is 13.8. The SMILES string of the molecule is O=c1c2sc3ncccc3c2ncn1Cc1cc(F)ccc1F. The number of hydrogen-bond donors (Lipinski definition) is 0. The largest absolute Gasteiger partial charge is 0.293 e. The van der Waals surface area contributed by atoms with Crippen LogP contribution >= 0.6 is 11.3 Å². The Morgan fingerprint density at radius 3 is 2.91 bits per heavy atom. The summed E-state index contributed by atoms with van der Waals surface area (Å²) in [6, 6.07) is 6.80. The summed E-state index contributed by atoms with van der Waals surface area (Å²) in [5, 5.41) is 0.814. The lowest BCUT2D eigenvalue weighted by molar-refractivity contribution is 0.574. The number of thiophene rings is 1. The molecule has 114 valence electrons. The van der Waals surface area contributed by atoms with E-state index in [-0.39, 0.29) is 17.7 Å². The zero-order valence-electron chi connectivity index (χ0n) is 11.7. The predicted octanol–water partition coefficient (Wildman–Crippen LogP) is 3.33. The van der Waals surface area contributed by atoms with Gasteiger partial charge in [0.1, 0.15) is 21.2 Å². The molecule has 3 heterocycles. The van der Waals surface area contributed by atoms with Crippen molar-refractivity contribution in [2.24, 2.45) is 0 Å². The monoisotopic (exact) mass is 329 g/mol. The minimum atomic E-state index is -0.559. The first-order valence-corrected chi connectivity index (χ1v) is 7.62. The maximum Gasteiger partial charge on any atom is 0.271 e. The molecular weight excluding hydrogens is 320 g/mol. The number of aromatic nitrogens is 3. The van der Waals surface area contributed by atoms with Gasteiger partial charge in [0.05, 0.1) is 18.4 Å². The Kier molecular flexibility index (Phi) is 3.16. The van der Waals surface area contributed by atoms with Crippen LogP contribution in [0.5, 0.6) is 0 Å². The molecule has 0 fully saturated rings. The summed E-state index contributed by atoms with van der Waals surface area (Å²) < 4.78 is 28.8. The van der Waals surface area contributed by atoms with Crippen molar-refractivity contribution in [3.8, 4) is 0 Å². The summed E-state index contributed by atoms with van der Waals surface area (Å²) in [4.78, 5) is 21.8. The standard InChI is InChI=1S/C16H9F2N3OS/c17-10-3-4-12(18)9(6-10)7-21-8-20-13-11-2-1-5-19-15(11)23-14(13)16(21)22/h1-6,8H,7H2. The van der Waals surface area contributed by atoms with E-state index in [1.807, 2.05) is 6.07 Å². The van der Waals surface area contributed by atoms with E-state index in [0.29, 0.717) is 10.2 Å². The second-order valence-electron chi connectivity index (χ2n) is 5.05. The van der Waals surface area contributed by atoms with E-state index in [0.717, 1.165) is 28.4 Å². The molecule has 0 saturated heterocycles. The molecule has 0 bridgehead atoms. The Morgan fingerprint density at radius 1 is 1.17 bits per heavy atom. The van der Waals surface area contributed by atoms with Gasteiger partial charge in [0.2, 0.25) is 0 Å². The molecular formula is C16H9F2N3OS. The summed E-state index contributed by atoms with van der Waals surface area (Å²) >= 11 is 1.25. The third kappa shape index (κ3) is 2.29. The minimum Gasteiger partial charge on any atom is -0.293 e. The molecule has 7 heteroatoms. The molecule has 0 atom stereocenters. The van der Waals surface area contributed by atoms with Gasteiger partial charge in [-0.15, -0.1) is 11.3 Å². The van der Waals surface area contributed by atoms with Gasteiger partial charge in [0.15, 0.2) is 0 Å². The fourth-order valence-electron chi connectivity index (χ4n) is 2.46. The lowest BCUT2D eigenvalue weighted by Crippen LogP contribution is -2.20. The van der Waals surface area contributed by atoms with Gasteiger partial charge < -0.3 is 0 Å². The van der Waals surface area contributed by atoms with Gasteiger partial charge in [-0.2, -0.15) is 0 Å². The minimum absolute atomic E-state index is 0.0763. The quantitative estimate of drug-likeness (QED) is 0.567. The molecule has 3 aromatic heterocycles. The highest BCUT2D eigenvalue weighted by molar-refractivity contribution is 7.25. The number of rotatable bonds is 2. The highest BCUT2D eigenvalue weighted by Gasteiger charge is 2.13. The third-order valence-corrected chi connectivity index (χ3v) is 4.66. The van der Waals surface area contributed by atoms with Gasteiger partial charge in [0.25, 0.3) is 5.56 Å². The first kappa shape index (κ1) is 14.0. The van der Waals surface area contributed by atoms with Crippen LogP contribution in [0.15, 0.2) is 47.7 Å². The molecule has 4 rings (SSSR count). The number of hydrogen-bond acceptors (Lipinski definition) is 4. The molecule has 0 aliphatic carbocycles. The van der Waals surface area contributed by atoms with Gasteiger partial charge in [-0.1, -0.05) is 0 Å². The third-order valence-electron chi connectivity index (χ3n) is 3.57. The highest BCUT2D eigenvalue weighted by Crippen LogP contribution is 2.28. The fraction of sp³-hybridized carbons (Fsp3) is 0.0625. The van der Waals surface area contributed by atoms with Crippen LogP contribution in [-0.4, -0.2) is 14.5 Å². The normalized spacial score (nSPS) is 11.4. The van der Waals surface area contributed by atoms with Crippen LogP contribution in [0.4, 0.5) is 8.78 Å².